The van der Waals surface area contributed by atoms with Crippen LogP contribution in [0.3, 0.4) is 0 Å². The van der Waals surface area contributed by atoms with E-state index >= 15 is 0 Å². The van der Waals surface area contributed by atoms with Gasteiger partial charge in [-0.15, -0.1) is 11.3 Å². The minimum absolute atomic E-state index is 0.231. The second-order valence-electron chi connectivity index (χ2n) is 7.97. The van der Waals surface area contributed by atoms with Gasteiger partial charge >= 0.3 is 6.03 Å². The third-order valence-corrected chi connectivity index (χ3v) is 6.41. The van der Waals surface area contributed by atoms with Crippen molar-refractivity contribution in [3.8, 4) is 6.07 Å². The fraction of sp³-hybridized carbons (Fsp3) is 0.250. The quantitative estimate of drug-likeness (QED) is 0.530. The van der Waals surface area contributed by atoms with Crippen molar-refractivity contribution in [1.82, 2.24) is 15.2 Å². The Morgan fingerprint density at radius 3 is 2.73 bits per heavy atom. The number of carbonyl (C=O) groups is 2. The van der Waals surface area contributed by atoms with Crippen LogP contribution in [0.2, 0.25) is 0 Å². The van der Waals surface area contributed by atoms with Crippen molar-refractivity contribution in [2.24, 2.45) is 0 Å². The number of anilines is 2. The fourth-order valence-electron chi connectivity index (χ4n) is 3.57. The summed E-state index contributed by atoms with van der Waals surface area (Å²) in [6.45, 7) is 3.67. The molecule has 9 heteroatoms. The first-order chi connectivity index (χ1) is 15.9. The second-order valence-corrected chi connectivity index (χ2v) is 9.05. The maximum atomic E-state index is 12.8. The lowest BCUT2D eigenvalue weighted by Crippen LogP contribution is -2.31. The first-order valence-corrected chi connectivity index (χ1v) is 11.4. The SMILES string of the molecule is C[C@@H](NC(=O)Nc1ccc(C#N)cc1)c1cccc(C(=O)Nc2nc3c(s2)CN(C)CC3)c1. The van der Waals surface area contributed by atoms with E-state index in [4.69, 9.17) is 5.26 Å². The van der Waals surface area contributed by atoms with Crippen LogP contribution >= 0.6 is 11.3 Å². The highest BCUT2D eigenvalue weighted by molar-refractivity contribution is 7.15. The largest absolute Gasteiger partial charge is 0.331 e. The molecule has 3 amide bonds. The maximum absolute atomic E-state index is 12.8. The van der Waals surface area contributed by atoms with Gasteiger partial charge in [0, 0.05) is 35.6 Å². The molecule has 0 radical (unpaired) electrons. The lowest BCUT2D eigenvalue weighted by molar-refractivity contribution is 0.102. The van der Waals surface area contributed by atoms with Gasteiger partial charge in [0.25, 0.3) is 5.91 Å². The second kappa shape index (κ2) is 9.81. The molecule has 0 aliphatic carbocycles. The first kappa shape index (κ1) is 22.5. The number of likely N-dealkylation sites (N-methyl/N-ethyl adjacent to an activating group) is 1. The molecule has 168 valence electrons. The first-order valence-electron chi connectivity index (χ1n) is 10.6. The van der Waals surface area contributed by atoms with E-state index in [1.165, 1.54) is 16.2 Å². The number of hydrogen-bond acceptors (Lipinski definition) is 6. The number of thiazole rings is 1. The lowest BCUT2D eigenvalue weighted by atomic mass is 10.0. The molecule has 1 atom stereocenters. The molecule has 1 aliphatic rings. The topological polar surface area (TPSA) is 110 Å². The molecule has 1 aliphatic heterocycles. The number of carbonyl (C=O) groups excluding carboxylic acids is 2. The van der Waals surface area contributed by atoms with Crippen LogP contribution in [-0.2, 0) is 13.0 Å². The normalized spacial score (nSPS) is 14.0. The molecule has 0 saturated carbocycles. The van der Waals surface area contributed by atoms with Crippen molar-refractivity contribution in [2.45, 2.75) is 25.9 Å². The van der Waals surface area contributed by atoms with Crippen LogP contribution in [0.1, 0.15) is 45.0 Å². The summed E-state index contributed by atoms with van der Waals surface area (Å²) in [5, 5.41) is 18.0. The summed E-state index contributed by atoms with van der Waals surface area (Å²) >= 11 is 1.52. The van der Waals surface area contributed by atoms with Crippen LogP contribution in [0.15, 0.2) is 48.5 Å². The summed E-state index contributed by atoms with van der Waals surface area (Å²) in [6.07, 6.45) is 0.890. The van der Waals surface area contributed by atoms with Crippen molar-refractivity contribution in [1.29, 1.82) is 5.26 Å². The number of fused-ring (bicyclic) bond motifs is 1. The van der Waals surface area contributed by atoms with Crippen LogP contribution in [-0.4, -0.2) is 35.4 Å². The summed E-state index contributed by atoms with van der Waals surface area (Å²) in [5.74, 6) is -0.231. The van der Waals surface area contributed by atoms with Gasteiger partial charge in [-0.05, 0) is 55.9 Å². The third kappa shape index (κ3) is 5.55. The van der Waals surface area contributed by atoms with E-state index in [-0.39, 0.29) is 18.0 Å². The van der Waals surface area contributed by atoms with E-state index in [9.17, 15) is 9.59 Å². The van der Waals surface area contributed by atoms with Gasteiger partial charge in [0.15, 0.2) is 5.13 Å². The van der Waals surface area contributed by atoms with Crippen molar-refractivity contribution >= 4 is 34.1 Å². The van der Waals surface area contributed by atoms with Gasteiger partial charge in [-0.25, -0.2) is 9.78 Å². The van der Waals surface area contributed by atoms with Crippen LogP contribution in [0.25, 0.3) is 0 Å². The van der Waals surface area contributed by atoms with E-state index in [0.29, 0.717) is 21.9 Å². The number of urea groups is 1. The molecule has 0 spiro atoms. The molecule has 33 heavy (non-hydrogen) atoms. The van der Waals surface area contributed by atoms with Crippen molar-refractivity contribution < 1.29 is 9.59 Å². The number of nitriles is 1. The maximum Gasteiger partial charge on any atom is 0.319 e. The number of rotatable bonds is 5. The van der Waals surface area contributed by atoms with Gasteiger partial charge in [-0.3, -0.25) is 10.1 Å². The predicted molar refractivity (Wildman–Crippen MR) is 128 cm³/mol. The van der Waals surface area contributed by atoms with Crippen molar-refractivity contribution in [2.75, 3.05) is 24.2 Å². The number of hydrogen-bond donors (Lipinski definition) is 3. The molecular weight excluding hydrogens is 436 g/mol. The number of amides is 3. The summed E-state index contributed by atoms with van der Waals surface area (Å²) in [6, 6.07) is 15.1. The Hall–Kier alpha value is -3.74. The molecular formula is C24H24N6O2S. The molecule has 0 saturated heterocycles. The van der Waals surface area contributed by atoms with E-state index < -0.39 is 0 Å². The molecule has 1 aromatic heterocycles. The molecule has 3 aromatic rings. The van der Waals surface area contributed by atoms with Crippen molar-refractivity contribution in [3.05, 3.63) is 75.8 Å². The molecule has 0 bridgehead atoms. The summed E-state index contributed by atoms with van der Waals surface area (Å²) in [4.78, 5) is 33.2. The number of aromatic nitrogens is 1. The van der Waals surface area contributed by atoms with Crippen molar-refractivity contribution in [3.63, 3.8) is 0 Å². The molecule has 0 fully saturated rings. The Bertz CT molecular complexity index is 1210. The van der Waals surface area contributed by atoms with Gasteiger partial charge < -0.3 is 15.5 Å². The third-order valence-electron chi connectivity index (χ3n) is 5.41. The summed E-state index contributed by atoms with van der Waals surface area (Å²) in [7, 11) is 2.08. The van der Waals surface area contributed by atoms with Gasteiger partial charge in [-0.1, -0.05) is 12.1 Å². The fourth-order valence-corrected chi connectivity index (χ4v) is 4.65. The highest BCUT2D eigenvalue weighted by Gasteiger charge is 2.20. The van der Waals surface area contributed by atoms with Crippen LogP contribution in [0.4, 0.5) is 15.6 Å². The molecule has 4 rings (SSSR count). The van der Waals surface area contributed by atoms with Gasteiger partial charge in [0.05, 0.1) is 23.4 Å². The number of benzene rings is 2. The molecule has 0 unspecified atom stereocenters. The minimum Gasteiger partial charge on any atom is -0.331 e. The predicted octanol–water partition coefficient (Wildman–Crippen LogP) is 4.14. The molecule has 8 nitrogen and oxygen atoms in total. The number of nitrogens with one attached hydrogen (secondary N) is 3. The Kier molecular flexibility index (Phi) is 6.68. The molecule has 3 N–H and O–H groups in total. The molecule has 2 aromatic carbocycles. The average molecular weight is 461 g/mol. The molecule has 2 heterocycles. The van der Waals surface area contributed by atoms with Crippen LogP contribution in [0, 0.1) is 11.3 Å². The zero-order valence-electron chi connectivity index (χ0n) is 18.4. The standard InChI is InChI=1S/C24H24N6O2S/c1-15(26-23(32)27-19-8-6-16(13-25)7-9-19)17-4-3-5-18(12-17)22(31)29-24-28-20-10-11-30(2)14-21(20)33-24/h3-9,12,15H,10-11,14H2,1-2H3,(H2,26,27,32)(H,28,29,31)/t15-/m1/s1. The lowest BCUT2D eigenvalue weighted by Gasteiger charge is -2.20. The minimum atomic E-state index is -0.375. The van der Waals surface area contributed by atoms with Gasteiger partial charge in [-0.2, -0.15) is 5.26 Å². The van der Waals surface area contributed by atoms with Crippen LogP contribution < -0.4 is 16.0 Å². The monoisotopic (exact) mass is 460 g/mol. The Labute approximate surface area is 196 Å². The zero-order chi connectivity index (χ0) is 23.4. The van der Waals surface area contributed by atoms with E-state index in [0.717, 1.165) is 30.8 Å². The van der Waals surface area contributed by atoms with E-state index in [1.54, 1.807) is 42.5 Å². The smallest absolute Gasteiger partial charge is 0.319 e. The van der Waals surface area contributed by atoms with E-state index in [2.05, 4.69) is 32.9 Å². The Morgan fingerprint density at radius 2 is 1.97 bits per heavy atom. The van der Waals surface area contributed by atoms with Gasteiger partial charge in [0.1, 0.15) is 0 Å². The summed E-state index contributed by atoms with van der Waals surface area (Å²) in [5.41, 5.74) is 3.48. The average Bonchev–Trinajstić information content (AvgIpc) is 3.20. The van der Waals surface area contributed by atoms with E-state index in [1.807, 2.05) is 19.1 Å². The van der Waals surface area contributed by atoms with Gasteiger partial charge in [0.2, 0.25) is 0 Å². The highest BCUT2D eigenvalue weighted by Crippen LogP contribution is 2.28. The van der Waals surface area contributed by atoms with Crippen LogP contribution in [0.5, 0.6) is 0 Å². The Balaban J connectivity index is 1.37. The Morgan fingerprint density at radius 1 is 1.18 bits per heavy atom. The summed E-state index contributed by atoms with van der Waals surface area (Å²) < 4.78 is 0. The zero-order valence-corrected chi connectivity index (χ0v) is 19.2. The number of nitrogens with zero attached hydrogens (tertiary/aromatic N) is 3. The highest BCUT2D eigenvalue weighted by atomic mass is 32.1.